The van der Waals surface area contributed by atoms with Crippen molar-refractivity contribution in [3.8, 4) is 0 Å². The van der Waals surface area contributed by atoms with Crippen LogP contribution in [0.5, 0.6) is 0 Å². The lowest BCUT2D eigenvalue weighted by Crippen LogP contribution is -2.50. The van der Waals surface area contributed by atoms with E-state index >= 15 is 0 Å². The van der Waals surface area contributed by atoms with Crippen molar-refractivity contribution in [3.05, 3.63) is 0 Å². The van der Waals surface area contributed by atoms with Crippen LogP contribution < -0.4 is 5.32 Å². The lowest BCUT2D eigenvalue weighted by Gasteiger charge is -2.28. The molecule has 21 heavy (non-hydrogen) atoms. The Labute approximate surface area is 128 Å². The Morgan fingerprint density at radius 1 is 1.38 bits per heavy atom. The predicted octanol–water partition coefficient (Wildman–Crippen LogP) is 2.14. The number of nitrogens with one attached hydrogen (secondary N) is 1. The van der Waals surface area contributed by atoms with Crippen LogP contribution in [0, 0.1) is 5.92 Å². The van der Waals surface area contributed by atoms with Crippen LogP contribution in [0.4, 0.5) is 0 Å². The average Bonchev–Trinajstić information content (AvgIpc) is 2.96. The normalized spacial score (nSPS) is 21.2. The van der Waals surface area contributed by atoms with E-state index in [1.807, 2.05) is 20.8 Å². The van der Waals surface area contributed by atoms with Gasteiger partial charge in [-0.25, -0.2) is 0 Å². The van der Waals surface area contributed by atoms with Crippen LogP contribution in [-0.2, 0) is 19.0 Å². The van der Waals surface area contributed by atoms with E-state index in [4.69, 9.17) is 14.2 Å². The monoisotopic (exact) mass is 301 g/mol. The molecule has 5 nitrogen and oxygen atoms in total. The van der Waals surface area contributed by atoms with E-state index in [-0.39, 0.29) is 5.97 Å². The van der Waals surface area contributed by atoms with Crippen molar-refractivity contribution in [2.45, 2.75) is 52.0 Å². The van der Waals surface area contributed by atoms with E-state index in [1.165, 1.54) is 0 Å². The first-order valence-electron chi connectivity index (χ1n) is 8.20. The van der Waals surface area contributed by atoms with Gasteiger partial charge in [-0.1, -0.05) is 6.92 Å². The summed E-state index contributed by atoms with van der Waals surface area (Å²) in [6, 6.07) is 0. The van der Waals surface area contributed by atoms with Gasteiger partial charge in [0.2, 0.25) is 0 Å². The SMILES string of the molecule is CCNC(C)(CCCCOCC1CCOC1)C(=O)OCC. The average molecular weight is 301 g/mol. The first-order valence-corrected chi connectivity index (χ1v) is 8.20. The number of hydrogen-bond donors (Lipinski definition) is 1. The van der Waals surface area contributed by atoms with E-state index in [0.29, 0.717) is 12.5 Å². The van der Waals surface area contributed by atoms with E-state index < -0.39 is 5.54 Å². The van der Waals surface area contributed by atoms with Gasteiger partial charge in [-0.3, -0.25) is 4.79 Å². The zero-order chi connectivity index (χ0) is 15.6. The van der Waals surface area contributed by atoms with Crippen LogP contribution in [0.25, 0.3) is 0 Å². The maximum absolute atomic E-state index is 12.0. The molecule has 0 aromatic rings. The van der Waals surface area contributed by atoms with Gasteiger partial charge in [0, 0.05) is 19.1 Å². The number of ether oxygens (including phenoxy) is 3. The van der Waals surface area contributed by atoms with Crippen molar-refractivity contribution >= 4 is 5.97 Å². The van der Waals surface area contributed by atoms with Gasteiger partial charge >= 0.3 is 5.97 Å². The molecule has 1 rings (SSSR count). The maximum Gasteiger partial charge on any atom is 0.326 e. The largest absolute Gasteiger partial charge is 0.465 e. The molecule has 1 saturated heterocycles. The second-order valence-corrected chi connectivity index (χ2v) is 5.84. The summed E-state index contributed by atoms with van der Waals surface area (Å²) in [5.41, 5.74) is -0.579. The fraction of sp³-hybridized carbons (Fsp3) is 0.938. The highest BCUT2D eigenvalue weighted by Crippen LogP contribution is 2.17. The topological polar surface area (TPSA) is 56.8 Å². The van der Waals surface area contributed by atoms with Gasteiger partial charge in [0.1, 0.15) is 5.54 Å². The molecule has 0 aliphatic carbocycles. The second kappa shape index (κ2) is 10.1. The van der Waals surface area contributed by atoms with Gasteiger partial charge in [-0.2, -0.15) is 0 Å². The molecule has 2 unspecified atom stereocenters. The van der Waals surface area contributed by atoms with Crippen LogP contribution in [0.2, 0.25) is 0 Å². The fourth-order valence-corrected chi connectivity index (χ4v) is 2.59. The van der Waals surface area contributed by atoms with E-state index in [0.717, 1.165) is 58.7 Å². The summed E-state index contributed by atoms with van der Waals surface area (Å²) in [4.78, 5) is 12.0. The smallest absolute Gasteiger partial charge is 0.326 e. The number of carbonyl (C=O) groups excluding carboxylic acids is 1. The Kier molecular flexibility index (Phi) is 8.88. The number of likely N-dealkylation sites (N-methyl/N-ethyl adjacent to an activating group) is 1. The lowest BCUT2D eigenvalue weighted by molar-refractivity contribution is -0.150. The quantitative estimate of drug-likeness (QED) is 0.468. The van der Waals surface area contributed by atoms with Crippen LogP contribution in [0.1, 0.15) is 46.5 Å². The summed E-state index contributed by atoms with van der Waals surface area (Å²) in [5, 5.41) is 3.25. The van der Waals surface area contributed by atoms with Crippen molar-refractivity contribution in [1.82, 2.24) is 5.32 Å². The number of rotatable bonds is 11. The molecular weight excluding hydrogens is 270 g/mol. The van der Waals surface area contributed by atoms with E-state index in [9.17, 15) is 4.79 Å². The van der Waals surface area contributed by atoms with E-state index in [2.05, 4.69) is 5.32 Å². The van der Waals surface area contributed by atoms with Gasteiger partial charge < -0.3 is 19.5 Å². The summed E-state index contributed by atoms with van der Waals surface area (Å²) in [6.07, 6.45) is 3.80. The Bertz CT molecular complexity index is 292. The highest BCUT2D eigenvalue weighted by Gasteiger charge is 2.32. The van der Waals surface area contributed by atoms with Crippen LogP contribution in [-0.4, -0.2) is 51.1 Å². The minimum Gasteiger partial charge on any atom is -0.465 e. The standard InChI is InChI=1S/C16H31NO4/c1-4-17-16(3,15(18)21-5-2)9-6-7-10-19-12-14-8-11-20-13-14/h14,17H,4-13H2,1-3H3. The molecule has 0 saturated carbocycles. The van der Waals surface area contributed by atoms with Crippen LogP contribution in [0.15, 0.2) is 0 Å². The van der Waals surface area contributed by atoms with Crippen molar-refractivity contribution in [3.63, 3.8) is 0 Å². The van der Waals surface area contributed by atoms with Gasteiger partial charge in [0.15, 0.2) is 0 Å². The Balaban J connectivity index is 2.15. The summed E-state index contributed by atoms with van der Waals surface area (Å²) in [5.74, 6) is 0.410. The molecule has 0 amide bonds. The minimum atomic E-state index is -0.579. The third kappa shape index (κ3) is 6.76. The number of hydrogen-bond acceptors (Lipinski definition) is 5. The molecule has 0 aromatic carbocycles. The van der Waals surface area contributed by atoms with Gasteiger partial charge in [0.25, 0.3) is 0 Å². The molecule has 5 heteroatoms. The Morgan fingerprint density at radius 2 is 2.19 bits per heavy atom. The van der Waals surface area contributed by atoms with Gasteiger partial charge in [-0.05, 0) is 46.1 Å². The molecule has 2 atom stereocenters. The summed E-state index contributed by atoms with van der Waals surface area (Å²) >= 11 is 0. The van der Waals surface area contributed by atoms with Crippen molar-refractivity contribution in [1.29, 1.82) is 0 Å². The third-order valence-corrected chi connectivity index (χ3v) is 3.89. The summed E-state index contributed by atoms with van der Waals surface area (Å²) < 4.78 is 16.2. The lowest BCUT2D eigenvalue weighted by atomic mass is 9.95. The fourth-order valence-electron chi connectivity index (χ4n) is 2.59. The molecule has 1 fully saturated rings. The van der Waals surface area contributed by atoms with Crippen molar-refractivity contribution < 1.29 is 19.0 Å². The molecule has 1 aliphatic rings. The van der Waals surface area contributed by atoms with Crippen molar-refractivity contribution in [2.75, 3.05) is 39.6 Å². The maximum atomic E-state index is 12.0. The number of carbonyl (C=O) groups is 1. The molecule has 0 bridgehead atoms. The molecule has 1 heterocycles. The zero-order valence-electron chi connectivity index (χ0n) is 13.8. The second-order valence-electron chi connectivity index (χ2n) is 5.84. The molecular formula is C16H31NO4. The Hall–Kier alpha value is -0.650. The highest BCUT2D eigenvalue weighted by molar-refractivity contribution is 5.80. The molecule has 1 aliphatic heterocycles. The Morgan fingerprint density at radius 3 is 2.81 bits per heavy atom. The molecule has 124 valence electrons. The minimum absolute atomic E-state index is 0.157. The molecule has 1 N–H and O–H groups in total. The molecule has 0 aromatic heterocycles. The molecule has 0 radical (unpaired) electrons. The summed E-state index contributed by atoms with van der Waals surface area (Å²) in [7, 11) is 0. The number of esters is 1. The van der Waals surface area contributed by atoms with Crippen LogP contribution in [0.3, 0.4) is 0 Å². The zero-order valence-corrected chi connectivity index (χ0v) is 13.8. The highest BCUT2D eigenvalue weighted by atomic mass is 16.5. The predicted molar refractivity (Wildman–Crippen MR) is 82.3 cm³/mol. The van der Waals surface area contributed by atoms with Crippen molar-refractivity contribution in [2.24, 2.45) is 5.92 Å². The number of unbranched alkanes of at least 4 members (excludes halogenated alkanes) is 1. The van der Waals surface area contributed by atoms with E-state index in [1.54, 1.807) is 0 Å². The summed E-state index contributed by atoms with van der Waals surface area (Å²) in [6.45, 7) is 10.2. The first kappa shape index (κ1) is 18.4. The van der Waals surface area contributed by atoms with Gasteiger partial charge in [0.05, 0.1) is 19.8 Å². The molecule has 0 spiro atoms. The van der Waals surface area contributed by atoms with Gasteiger partial charge in [-0.15, -0.1) is 0 Å². The third-order valence-electron chi connectivity index (χ3n) is 3.89. The first-order chi connectivity index (χ1) is 10.1. The van der Waals surface area contributed by atoms with Crippen LogP contribution >= 0.6 is 0 Å².